The van der Waals surface area contributed by atoms with Gasteiger partial charge in [0.15, 0.2) is 0 Å². The Morgan fingerprint density at radius 2 is 2.28 bits per heavy atom. The third-order valence-corrected chi connectivity index (χ3v) is 3.74. The van der Waals surface area contributed by atoms with Gasteiger partial charge in [-0.05, 0) is 43.0 Å². The van der Waals surface area contributed by atoms with Gasteiger partial charge in [-0.1, -0.05) is 6.92 Å². The topological polar surface area (TPSA) is 40.5 Å². The molecule has 4 heteroatoms. The van der Waals surface area contributed by atoms with Crippen molar-refractivity contribution in [3.05, 3.63) is 35.1 Å². The summed E-state index contributed by atoms with van der Waals surface area (Å²) in [6, 6.07) is 4.26. The van der Waals surface area contributed by atoms with Gasteiger partial charge < -0.3 is 10.0 Å². The summed E-state index contributed by atoms with van der Waals surface area (Å²) in [5.74, 6) is -0.123. The van der Waals surface area contributed by atoms with Crippen molar-refractivity contribution < 1.29 is 14.3 Å². The molecule has 0 aromatic heterocycles. The molecule has 98 valence electrons. The standard InChI is InChI=1S/C14H18FNO2/c1-9-5-6-16(13(9)8-17)14(18)11-3-4-12(15)10(2)7-11/h3-4,7,9,13,17H,5-6,8H2,1-2H3. The number of amides is 1. The summed E-state index contributed by atoms with van der Waals surface area (Å²) in [6.45, 7) is 4.31. The zero-order valence-corrected chi connectivity index (χ0v) is 10.7. The third kappa shape index (κ3) is 2.25. The number of aliphatic hydroxyl groups is 1. The lowest BCUT2D eigenvalue weighted by Crippen LogP contribution is -2.39. The maximum atomic E-state index is 13.2. The fourth-order valence-electron chi connectivity index (χ4n) is 2.48. The van der Waals surface area contributed by atoms with Crippen LogP contribution < -0.4 is 0 Å². The van der Waals surface area contributed by atoms with Crippen LogP contribution in [0, 0.1) is 18.7 Å². The Hall–Kier alpha value is -1.42. The number of aryl methyl sites for hydroxylation is 1. The zero-order valence-electron chi connectivity index (χ0n) is 10.7. The molecular formula is C14H18FNO2. The molecule has 1 fully saturated rings. The van der Waals surface area contributed by atoms with E-state index >= 15 is 0 Å². The van der Waals surface area contributed by atoms with Gasteiger partial charge in [-0.3, -0.25) is 4.79 Å². The van der Waals surface area contributed by atoms with Crippen molar-refractivity contribution in [3.8, 4) is 0 Å². The highest BCUT2D eigenvalue weighted by atomic mass is 19.1. The predicted octanol–water partition coefficient (Wildman–Crippen LogP) is 1.98. The van der Waals surface area contributed by atoms with Crippen molar-refractivity contribution in [2.75, 3.05) is 13.2 Å². The highest BCUT2D eigenvalue weighted by molar-refractivity contribution is 5.94. The van der Waals surface area contributed by atoms with Crippen molar-refractivity contribution in [3.63, 3.8) is 0 Å². The number of rotatable bonds is 2. The maximum Gasteiger partial charge on any atom is 0.254 e. The molecule has 2 rings (SSSR count). The second kappa shape index (κ2) is 5.06. The van der Waals surface area contributed by atoms with E-state index in [9.17, 15) is 14.3 Å². The van der Waals surface area contributed by atoms with E-state index in [0.717, 1.165) is 6.42 Å². The molecule has 0 aliphatic carbocycles. The molecule has 1 heterocycles. The van der Waals surface area contributed by atoms with Crippen molar-refractivity contribution in [1.82, 2.24) is 4.90 Å². The number of likely N-dealkylation sites (tertiary alicyclic amines) is 1. The predicted molar refractivity (Wildman–Crippen MR) is 66.8 cm³/mol. The number of hydrogen-bond donors (Lipinski definition) is 1. The summed E-state index contributed by atoms with van der Waals surface area (Å²) >= 11 is 0. The van der Waals surface area contributed by atoms with Crippen molar-refractivity contribution in [2.24, 2.45) is 5.92 Å². The first-order valence-corrected chi connectivity index (χ1v) is 6.22. The van der Waals surface area contributed by atoms with Gasteiger partial charge in [0.1, 0.15) is 5.82 Å². The number of hydrogen-bond acceptors (Lipinski definition) is 2. The summed E-state index contributed by atoms with van der Waals surface area (Å²) in [5, 5.41) is 9.35. The molecule has 1 aromatic rings. The minimum atomic E-state index is -0.306. The normalized spacial score (nSPS) is 23.4. The van der Waals surface area contributed by atoms with Crippen molar-refractivity contribution in [2.45, 2.75) is 26.3 Å². The number of benzene rings is 1. The lowest BCUT2D eigenvalue weighted by molar-refractivity contribution is 0.0648. The minimum Gasteiger partial charge on any atom is -0.394 e. The Labute approximate surface area is 106 Å². The van der Waals surface area contributed by atoms with Gasteiger partial charge >= 0.3 is 0 Å². The third-order valence-electron chi connectivity index (χ3n) is 3.74. The number of carbonyl (C=O) groups is 1. The lowest BCUT2D eigenvalue weighted by atomic mass is 10.0. The molecule has 0 saturated carbocycles. The Morgan fingerprint density at radius 3 is 2.89 bits per heavy atom. The van der Waals surface area contributed by atoms with Crippen LogP contribution >= 0.6 is 0 Å². The van der Waals surface area contributed by atoms with Crippen molar-refractivity contribution >= 4 is 5.91 Å². The van der Waals surface area contributed by atoms with Crippen LogP contribution in [0.15, 0.2) is 18.2 Å². The van der Waals surface area contributed by atoms with Crippen molar-refractivity contribution in [1.29, 1.82) is 0 Å². The molecule has 1 aliphatic heterocycles. The van der Waals surface area contributed by atoms with E-state index in [1.54, 1.807) is 17.9 Å². The van der Waals surface area contributed by atoms with Crippen LogP contribution in [-0.4, -0.2) is 35.1 Å². The van der Waals surface area contributed by atoms with Crippen LogP contribution in [0.4, 0.5) is 4.39 Å². The van der Waals surface area contributed by atoms with E-state index in [2.05, 4.69) is 0 Å². The van der Waals surface area contributed by atoms with Crippen LogP contribution in [0.5, 0.6) is 0 Å². The molecule has 0 spiro atoms. The summed E-state index contributed by atoms with van der Waals surface area (Å²) in [6.07, 6.45) is 0.900. The number of carbonyl (C=O) groups excluding carboxylic acids is 1. The molecule has 1 N–H and O–H groups in total. The summed E-state index contributed by atoms with van der Waals surface area (Å²) < 4.78 is 13.2. The van der Waals surface area contributed by atoms with E-state index in [4.69, 9.17) is 0 Å². The van der Waals surface area contributed by atoms with Crippen LogP contribution in [0.2, 0.25) is 0 Å². The fourth-order valence-corrected chi connectivity index (χ4v) is 2.48. The zero-order chi connectivity index (χ0) is 13.3. The molecule has 1 aliphatic rings. The summed E-state index contributed by atoms with van der Waals surface area (Å²) in [7, 11) is 0. The molecule has 0 radical (unpaired) electrons. The largest absolute Gasteiger partial charge is 0.394 e. The van der Waals surface area contributed by atoms with Gasteiger partial charge in [-0.2, -0.15) is 0 Å². The Bertz CT molecular complexity index is 461. The molecule has 2 atom stereocenters. The molecule has 1 aromatic carbocycles. The first kappa shape index (κ1) is 13.0. The van der Waals surface area contributed by atoms with Crippen LogP contribution in [0.3, 0.4) is 0 Å². The number of nitrogens with zero attached hydrogens (tertiary/aromatic N) is 1. The van der Waals surface area contributed by atoms with E-state index in [1.807, 2.05) is 6.92 Å². The first-order chi connectivity index (χ1) is 8.54. The lowest BCUT2D eigenvalue weighted by Gasteiger charge is -2.25. The maximum absolute atomic E-state index is 13.2. The monoisotopic (exact) mass is 251 g/mol. The number of halogens is 1. The quantitative estimate of drug-likeness (QED) is 0.873. The Morgan fingerprint density at radius 1 is 1.56 bits per heavy atom. The van der Waals surface area contributed by atoms with E-state index in [-0.39, 0.29) is 24.4 Å². The van der Waals surface area contributed by atoms with Crippen LogP contribution in [0.1, 0.15) is 29.3 Å². The molecule has 0 bridgehead atoms. The first-order valence-electron chi connectivity index (χ1n) is 6.22. The highest BCUT2D eigenvalue weighted by Crippen LogP contribution is 2.25. The van der Waals surface area contributed by atoms with Gasteiger partial charge in [0, 0.05) is 12.1 Å². The number of aliphatic hydroxyl groups excluding tert-OH is 1. The second-order valence-corrected chi connectivity index (χ2v) is 4.98. The molecule has 1 amide bonds. The average molecular weight is 251 g/mol. The van der Waals surface area contributed by atoms with Gasteiger partial charge in [0.05, 0.1) is 12.6 Å². The van der Waals surface area contributed by atoms with E-state index < -0.39 is 0 Å². The second-order valence-electron chi connectivity index (χ2n) is 4.98. The SMILES string of the molecule is Cc1cc(C(=O)N2CCC(C)C2CO)ccc1F. The molecular weight excluding hydrogens is 233 g/mol. The van der Waals surface area contributed by atoms with Gasteiger partial charge in [0.25, 0.3) is 5.91 Å². The summed E-state index contributed by atoms with van der Waals surface area (Å²) in [4.78, 5) is 14.0. The molecule has 3 nitrogen and oxygen atoms in total. The molecule has 2 unspecified atom stereocenters. The molecule has 1 saturated heterocycles. The fraction of sp³-hybridized carbons (Fsp3) is 0.500. The average Bonchev–Trinajstić information content (AvgIpc) is 2.73. The highest BCUT2D eigenvalue weighted by Gasteiger charge is 2.34. The van der Waals surface area contributed by atoms with Gasteiger partial charge in [0.2, 0.25) is 0 Å². The van der Waals surface area contributed by atoms with E-state index in [1.165, 1.54) is 12.1 Å². The van der Waals surface area contributed by atoms with Gasteiger partial charge in [-0.25, -0.2) is 4.39 Å². The Balaban J connectivity index is 2.23. The van der Waals surface area contributed by atoms with Crippen LogP contribution in [0.25, 0.3) is 0 Å². The van der Waals surface area contributed by atoms with Crippen LogP contribution in [-0.2, 0) is 0 Å². The Kier molecular flexibility index (Phi) is 3.66. The van der Waals surface area contributed by atoms with Gasteiger partial charge in [-0.15, -0.1) is 0 Å². The van der Waals surface area contributed by atoms with E-state index in [0.29, 0.717) is 23.6 Å². The summed E-state index contributed by atoms with van der Waals surface area (Å²) in [5.41, 5.74) is 0.954. The smallest absolute Gasteiger partial charge is 0.254 e. The minimum absolute atomic E-state index is 0.0208. The molecule has 18 heavy (non-hydrogen) atoms.